The number of nitrogens with zero attached hydrogens (tertiary/aromatic N) is 2. The molecule has 0 radical (unpaired) electrons. The minimum absolute atomic E-state index is 0.118. The number of amides is 2. The van der Waals surface area contributed by atoms with E-state index in [9.17, 15) is 9.59 Å². The van der Waals surface area contributed by atoms with Gasteiger partial charge in [0.05, 0.1) is 31.9 Å². The lowest BCUT2D eigenvalue weighted by atomic mass is 9.98. The Morgan fingerprint density at radius 2 is 2.21 bits per heavy atom. The second kappa shape index (κ2) is 7.76. The predicted molar refractivity (Wildman–Crippen MR) is 85.8 cm³/mol. The average Bonchev–Trinajstić information content (AvgIpc) is 2.83. The maximum Gasteiger partial charge on any atom is 0.259 e. The van der Waals surface area contributed by atoms with Gasteiger partial charge in [0.25, 0.3) is 5.91 Å². The Balaban J connectivity index is 2.26. The number of aromatic nitrogens is 1. The quantitative estimate of drug-likeness (QED) is 0.841. The number of nitrogens with one attached hydrogen (secondary N) is 1. The SMILES string of the molecule is CCc1noc(C)c1C(=O)N1CCOC[C@](CC(=O)NC)(OC)C1. The summed E-state index contributed by atoms with van der Waals surface area (Å²) in [5.41, 5.74) is 0.255. The first-order chi connectivity index (χ1) is 11.5. The van der Waals surface area contributed by atoms with Crippen molar-refractivity contribution in [2.75, 3.05) is 40.5 Å². The van der Waals surface area contributed by atoms with Crippen molar-refractivity contribution in [3.63, 3.8) is 0 Å². The Hall–Kier alpha value is -1.93. The molecule has 0 aliphatic carbocycles. The van der Waals surface area contributed by atoms with Gasteiger partial charge in [-0.15, -0.1) is 0 Å². The van der Waals surface area contributed by atoms with E-state index < -0.39 is 5.60 Å². The van der Waals surface area contributed by atoms with E-state index in [1.54, 1.807) is 18.9 Å². The monoisotopic (exact) mass is 339 g/mol. The molecule has 1 aromatic heterocycles. The van der Waals surface area contributed by atoms with Gasteiger partial charge in [-0.2, -0.15) is 0 Å². The first kappa shape index (κ1) is 18.4. The first-order valence-corrected chi connectivity index (χ1v) is 8.04. The highest BCUT2D eigenvalue weighted by atomic mass is 16.5. The molecule has 0 spiro atoms. The number of ether oxygens (including phenoxy) is 2. The van der Waals surface area contributed by atoms with E-state index in [1.807, 2.05) is 6.92 Å². The second-order valence-corrected chi connectivity index (χ2v) is 5.93. The highest BCUT2D eigenvalue weighted by Gasteiger charge is 2.39. The minimum atomic E-state index is -0.871. The zero-order valence-electron chi connectivity index (χ0n) is 14.7. The van der Waals surface area contributed by atoms with Crippen LogP contribution in [0.3, 0.4) is 0 Å². The van der Waals surface area contributed by atoms with Crippen molar-refractivity contribution < 1.29 is 23.6 Å². The van der Waals surface area contributed by atoms with Crippen LogP contribution in [0.15, 0.2) is 4.52 Å². The Morgan fingerprint density at radius 1 is 1.46 bits per heavy atom. The van der Waals surface area contributed by atoms with Gasteiger partial charge in [0.2, 0.25) is 5.91 Å². The van der Waals surface area contributed by atoms with Crippen LogP contribution < -0.4 is 5.32 Å². The molecular weight excluding hydrogens is 314 g/mol. The van der Waals surface area contributed by atoms with Crippen LogP contribution in [0.1, 0.15) is 35.2 Å². The van der Waals surface area contributed by atoms with Gasteiger partial charge in [0, 0.05) is 20.7 Å². The van der Waals surface area contributed by atoms with E-state index >= 15 is 0 Å². The molecule has 8 heteroatoms. The summed E-state index contributed by atoms with van der Waals surface area (Å²) >= 11 is 0. The molecule has 24 heavy (non-hydrogen) atoms. The molecule has 134 valence electrons. The third-order valence-electron chi connectivity index (χ3n) is 4.31. The third kappa shape index (κ3) is 3.76. The van der Waals surface area contributed by atoms with E-state index in [4.69, 9.17) is 14.0 Å². The molecule has 1 fully saturated rings. The van der Waals surface area contributed by atoms with Crippen LogP contribution >= 0.6 is 0 Å². The van der Waals surface area contributed by atoms with E-state index in [-0.39, 0.29) is 31.4 Å². The van der Waals surface area contributed by atoms with Crippen LogP contribution in [-0.2, 0) is 20.7 Å². The summed E-state index contributed by atoms with van der Waals surface area (Å²) in [6.07, 6.45) is 0.726. The van der Waals surface area contributed by atoms with Crippen molar-refractivity contribution >= 4 is 11.8 Å². The molecule has 2 heterocycles. The molecule has 0 bridgehead atoms. The molecular formula is C16H25N3O5. The Kier molecular flexibility index (Phi) is 5.95. The molecule has 1 atom stereocenters. The van der Waals surface area contributed by atoms with Gasteiger partial charge in [0.1, 0.15) is 16.9 Å². The zero-order chi connectivity index (χ0) is 17.7. The number of rotatable bonds is 5. The van der Waals surface area contributed by atoms with Crippen molar-refractivity contribution in [1.29, 1.82) is 0 Å². The second-order valence-electron chi connectivity index (χ2n) is 5.93. The molecule has 0 unspecified atom stereocenters. The van der Waals surface area contributed by atoms with Gasteiger partial charge in [-0.05, 0) is 13.3 Å². The van der Waals surface area contributed by atoms with Crippen molar-refractivity contribution in [2.24, 2.45) is 0 Å². The summed E-state index contributed by atoms with van der Waals surface area (Å²) in [7, 11) is 3.10. The van der Waals surface area contributed by atoms with Crippen molar-refractivity contribution in [2.45, 2.75) is 32.3 Å². The largest absolute Gasteiger partial charge is 0.377 e. The standard InChI is InChI=1S/C16H25N3O5/c1-5-12-14(11(2)24-18-12)15(21)19-6-7-23-10-16(9-19,22-4)8-13(20)17-3/h5-10H2,1-4H3,(H,17,20)/t16-/m1/s1. The number of hydrogen-bond donors (Lipinski definition) is 1. The van der Waals surface area contributed by atoms with Gasteiger partial charge >= 0.3 is 0 Å². The molecule has 1 aliphatic rings. The van der Waals surface area contributed by atoms with Crippen molar-refractivity contribution in [3.8, 4) is 0 Å². The van der Waals surface area contributed by atoms with Crippen LogP contribution in [-0.4, -0.2) is 67.9 Å². The molecule has 1 aliphatic heterocycles. The van der Waals surface area contributed by atoms with Gasteiger partial charge in [0.15, 0.2) is 0 Å². The maximum atomic E-state index is 13.0. The lowest BCUT2D eigenvalue weighted by Crippen LogP contribution is -2.50. The fourth-order valence-corrected chi connectivity index (χ4v) is 2.85. The third-order valence-corrected chi connectivity index (χ3v) is 4.31. The predicted octanol–water partition coefficient (Wildman–Crippen LogP) is 0.539. The number of carbonyl (C=O) groups excluding carboxylic acids is 2. The van der Waals surface area contributed by atoms with Crippen LogP contribution in [0.5, 0.6) is 0 Å². The Labute approximate surface area is 141 Å². The van der Waals surface area contributed by atoms with E-state index in [1.165, 1.54) is 7.11 Å². The lowest BCUT2D eigenvalue weighted by Gasteiger charge is -2.33. The summed E-state index contributed by atoms with van der Waals surface area (Å²) in [5, 5.41) is 6.53. The van der Waals surface area contributed by atoms with Crippen molar-refractivity contribution in [1.82, 2.24) is 15.4 Å². The molecule has 0 aromatic carbocycles. The van der Waals surface area contributed by atoms with E-state index in [0.717, 1.165) is 0 Å². The van der Waals surface area contributed by atoms with Crippen LogP contribution in [0, 0.1) is 6.92 Å². The molecule has 1 aromatic rings. The Bertz CT molecular complexity index is 601. The van der Waals surface area contributed by atoms with Gasteiger partial charge in [-0.1, -0.05) is 12.1 Å². The summed E-state index contributed by atoms with van der Waals surface area (Å²) < 4.78 is 16.4. The highest BCUT2D eigenvalue weighted by Crippen LogP contribution is 2.24. The molecule has 0 saturated carbocycles. The van der Waals surface area contributed by atoms with Gasteiger partial charge < -0.3 is 24.2 Å². The topological polar surface area (TPSA) is 93.9 Å². The number of carbonyl (C=O) groups is 2. The fraction of sp³-hybridized carbons (Fsp3) is 0.688. The van der Waals surface area contributed by atoms with Crippen molar-refractivity contribution in [3.05, 3.63) is 17.0 Å². The maximum absolute atomic E-state index is 13.0. The van der Waals surface area contributed by atoms with E-state index in [2.05, 4.69) is 10.5 Å². The Morgan fingerprint density at radius 3 is 2.83 bits per heavy atom. The minimum Gasteiger partial charge on any atom is -0.377 e. The number of methoxy groups -OCH3 is 1. The molecule has 1 N–H and O–H groups in total. The first-order valence-electron chi connectivity index (χ1n) is 8.04. The molecule has 1 saturated heterocycles. The van der Waals surface area contributed by atoms with E-state index in [0.29, 0.717) is 36.6 Å². The lowest BCUT2D eigenvalue weighted by molar-refractivity contribution is -0.131. The highest BCUT2D eigenvalue weighted by molar-refractivity contribution is 5.96. The molecule has 8 nitrogen and oxygen atoms in total. The van der Waals surface area contributed by atoms with Gasteiger partial charge in [-0.25, -0.2) is 0 Å². The molecule has 2 amide bonds. The van der Waals surface area contributed by atoms with Crippen LogP contribution in [0.4, 0.5) is 0 Å². The summed E-state index contributed by atoms with van der Waals surface area (Å²) in [6, 6.07) is 0. The average molecular weight is 339 g/mol. The number of aryl methyl sites for hydroxylation is 2. The fourth-order valence-electron chi connectivity index (χ4n) is 2.85. The van der Waals surface area contributed by atoms with Crippen LogP contribution in [0.2, 0.25) is 0 Å². The van der Waals surface area contributed by atoms with Gasteiger partial charge in [-0.3, -0.25) is 9.59 Å². The number of hydrogen-bond acceptors (Lipinski definition) is 6. The summed E-state index contributed by atoms with van der Waals surface area (Å²) in [5.74, 6) is 0.163. The van der Waals surface area contributed by atoms with Crippen LogP contribution in [0.25, 0.3) is 0 Å². The summed E-state index contributed by atoms with van der Waals surface area (Å²) in [6.45, 7) is 4.97. The smallest absolute Gasteiger partial charge is 0.259 e. The zero-order valence-corrected chi connectivity index (χ0v) is 14.7. The normalized spacial score (nSPS) is 21.4. The summed E-state index contributed by atoms with van der Waals surface area (Å²) in [4.78, 5) is 26.5. The molecule has 2 rings (SSSR count).